The average Bonchev–Trinajstić information content (AvgIpc) is 3.38. The van der Waals surface area contributed by atoms with Gasteiger partial charge in [0.2, 0.25) is 28.6 Å². The van der Waals surface area contributed by atoms with Crippen molar-refractivity contribution in [2.45, 2.75) is 65.1 Å². The van der Waals surface area contributed by atoms with Crippen LogP contribution in [-0.2, 0) is 26.2 Å². The minimum atomic E-state index is -3.62. The lowest BCUT2D eigenvalue weighted by Crippen LogP contribution is -2.50. The molecule has 0 aromatic heterocycles. The second kappa shape index (κ2) is 13.5. The number of carbonyl (C=O) groups excluding carboxylic acids is 2. The maximum atomic E-state index is 13.6. The molecule has 0 aliphatic carbocycles. The molecule has 39 heavy (non-hydrogen) atoms. The van der Waals surface area contributed by atoms with Crippen molar-refractivity contribution in [3.05, 3.63) is 48.0 Å². The molecule has 0 saturated heterocycles. The summed E-state index contributed by atoms with van der Waals surface area (Å²) < 4.78 is 42.4. The topological polar surface area (TPSA) is 114 Å². The summed E-state index contributed by atoms with van der Waals surface area (Å²) in [7, 11) is -2.04. The summed E-state index contributed by atoms with van der Waals surface area (Å²) in [5.74, 6) is 1.30. The molecule has 2 aromatic rings. The van der Waals surface area contributed by atoms with Crippen molar-refractivity contribution in [1.82, 2.24) is 10.2 Å². The van der Waals surface area contributed by atoms with Crippen molar-refractivity contribution in [2.24, 2.45) is 0 Å². The molecule has 0 bridgehead atoms. The molecule has 0 saturated carbocycles. The van der Waals surface area contributed by atoms with Crippen LogP contribution in [0.1, 0.15) is 52.0 Å². The number of anilines is 1. The van der Waals surface area contributed by atoms with Gasteiger partial charge in [-0.3, -0.25) is 13.9 Å². The van der Waals surface area contributed by atoms with E-state index in [4.69, 9.17) is 14.2 Å². The van der Waals surface area contributed by atoms with E-state index in [1.807, 2.05) is 45.0 Å². The van der Waals surface area contributed by atoms with E-state index in [1.165, 1.54) is 4.31 Å². The number of fused-ring (bicyclic) bond motifs is 1. The standard InChI is InChI=1S/C28H39N3O7S/c1-6-20(3)29-28(33)24(7-2)30(18-21-10-13-23(36-4)14-11-21)27(32)9-8-16-31(39(5,34)35)22-12-15-25-26(17-22)38-19-37-25/h10-15,17,20,24H,6-9,16,18-19H2,1-5H3,(H,29,33)/t20-,24-/m0/s1. The molecule has 10 nitrogen and oxygen atoms in total. The molecule has 0 fully saturated rings. The van der Waals surface area contributed by atoms with Gasteiger partial charge in [0.25, 0.3) is 0 Å². The summed E-state index contributed by atoms with van der Waals surface area (Å²) in [6.07, 6.45) is 2.68. The Bertz CT molecular complexity index is 1230. The van der Waals surface area contributed by atoms with Crippen molar-refractivity contribution in [2.75, 3.05) is 31.0 Å². The summed E-state index contributed by atoms with van der Waals surface area (Å²) in [6.45, 7) is 6.21. The van der Waals surface area contributed by atoms with E-state index >= 15 is 0 Å². The minimum absolute atomic E-state index is 0.0190. The number of nitrogens with one attached hydrogen (secondary N) is 1. The third kappa shape index (κ3) is 8.01. The largest absolute Gasteiger partial charge is 0.497 e. The van der Waals surface area contributed by atoms with E-state index in [-0.39, 0.29) is 50.6 Å². The third-order valence-corrected chi connectivity index (χ3v) is 7.89. The van der Waals surface area contributed by atoms with E-state index < -0.39 is 16.1 Å². The summed E-state index contributed by atoms with van der Waals surface area (Å²) in [5, 5.41) is 2.99. The van der Waals surface area contributed by atoms with E-state index in [0.717, 1.165) is 18.2 Å². The number of amides is 2. The van der Waals surface area contributed by atoms with Crippen molar-refractivity contribution >= 4 is 27.5 Å². The number of ether oxygens (including phenoxy) is 3. The molecule has 2 amide bonds. The number of nitrogens with zero attached hydrogens (tertiary/aromatic N) is 2. The van der Waals surface area contributed by atoms with Crippen LogP contribution in [0.15, 0.2) is 42.5 Å². The molecule has 1 N–H and O–H groups in total. The maximum Gasteiger partial charge on any atom is 0.243 e. The second-order valence-electron chi connectivity index (χ2n) is 9.59. The van der Waals surface area contributed by atoms with E-state index in [2.05, 4.69) is 5.32 Å². The molecule has 11 heteroatoms. The molecule has 1 aliphatic rings. The minimum Gasteiger partial charge on any atom is -0.497 e. The zero-order valence-corrected chi connectivity index (χ0v) is 24.1. The van der Waals surface area contributed by atoms with Gasteiger partial charge in [0.05, 0.1) is 19.1 Å². The fourth-order valence-electron chi connectivity index (χ4n) is 4.33. The van der Waals surface area contributed by atoms with Gasteiger partial charge in [-0.1, -0.05) is 26.0 Å². The molecule has 1 heterocycles. The SMILES string of the molecule is CC[C@H](C)NC(=O)[C@H](CC)N(Cc1ccc(OC)cc1)C(=O)CCCN(c1ccc2c(c1)OCO2)S(C)(=O)=O. The first-order valence-corrected chi connectivity index (χ1v) is 15.0. The van der Waals surface area contributed by atoms with Gasteiger partial charge in [0.15, 0.2) is 11.5 Å². The number of hydrogen-bond donors (Lipinski definition) is 1. The first kappa shape index (κ1) is 30.1. The van der Waals surface area contributed by atoms with Gasteiger partial charge in [-0.25, -0.2) is 8.42 Å². The van der Waals surface area contributed by atoms with Crippen LogP contribution < -0.4 is 23.8 Å². The van der Waals surface area contributed by atoms with Crippen LogP contribution >= 0.6 is 0 Å². The van der Waals surface area contributed by atoms with Crippen molar-refractivity contribution in [3.8, 4) is 17.2 Å². The predicted molar refractivity (Wildman–Crippen MR) is 150 cm³/mol. The summed E-state index contributed by atoms with van der Waals surface area (Å²) in [4.78, 5) is 28.3. The smallest absolute Gasteiger partial charge is 0.243 e. The van der Waals surface area contributed by atoms with Crippen molar-refractivity contribution < 1.29 is 32.2 Å². The number of benzene rings is 2. The van der Waals surface area contributed by atoms with Crippen molar-refractivity contribution in [3.63, 3.8) is 0 Å². The fourth-order valence-corrected chi connectivity index (χ4v) is 5.29. The van der Waals surface area contributed by atoms with Crippen LogP contribution in [0.4, 0.5) is 5.69 Å². The molecule has 1 aliphatic heterocycles. The van der Waals surface area contributed by atoms with Gasteiger partial charge in [-0.2, -0.15) is 0 Å². The number of methoxy groups -OCH3 is 1. The molecule has 3 rings (SSSR count). The monoisotopic (exact) mass is 561 g/mol. The molecule has 0 radical (unpaired) electrons. The molecule has 2 atom stereocenters. The number of hydrogen-bond acceptors (Lipinski definition) is 7. The van der Waals surface area contributed by atoms with Gasteiger partial charge in [0, 0.05) is 31.6 Å². The van der Waals surface area contributed by atoms with Crippen LogP contribution in [0.5, 0.6) is 17.2 Å². The lowest BCUT2D eigenvalue weighted by molar-refractivity contribution is -0.141. The van der Waals surface area contributed by atoms with E-state index in [9.17, 15) is 18.0 Å². The third-order valence-electron chi connectivity index (χ3n) is 6.70. The molecule has 2 aromatic carbocycles. The normalized spacial score (nSPS) is 13.9. The van der Waals surface area contributed by atoms with Crippen LogP contribution in [0.3, 0.4) is 0 Å². The highest BCUT2D eigenvalue weighted by Gasteiger charge is 2.29. The summed E-state index contributed by atoms with van der Waals surface area (Å²) >= 11 is 0. The van der Waals surface area contributed by atoms with E-state index in [1.54, 1.807) is 30.2 Å². The van der Waals surface area contributed by atoms with Gasteiger partial charge >= 0.3 is 0 Å². The van der Waals surface area contributed by atoms with Crippen LogP contribution in [-0.4, -0.2) is 63.9 Å². The lowest BCUT2D eigenvalue weighted by atomic mass is 10.1. The van der Waals surface area contributed by atoms with Gasteiger partial charge in [-0.05, 0) is 56.0 Å². The Morgan fingerprint density at radius 1 is 1.05 bits per heavy atom. The fraction of sp³-hybridized carbons (Fsp3) is 0.500. The Labute approximate surface area is 231 Å². The Kier molecular flexibility index (Phi) is 10.4. The Morgan fingerprint density at radius 2 is 1.74 bits per heavy atom. The highest BCUT2D eigenvalue weighted by atomic mass is 32.2. The van der Waals surface area contributed by atoms with Gasteiger partial charge in [-0.15, -0.1) is 0 Å². The first-order chi connectivity index (χ1) is 18.6. The van der Waals surface area contributed by atoms with Gasteiger partial charge in [0.1, 0.15) is 11.8 Å². The maximum absolute atomic E-state index is 13.6. The quantitative estimate of drug-likeness (QED) is 0.374. The highest BCUT2D eigenvalue weighted by molar-refractivity contribution is 7.92. The average molecular weight is 562 g/mol. The van der Waals surface area contributed by atoms with Crippen LogP contribution in [0.25, 0.3) is 0 Å². The first-order valence-electron chi connectivity index (χ1n) is 13.2. The Hall–Kier alpha value is -3.47. The Morgan fingerprint density at radius 3 is 2.36 bits per heavy atom. The number of carbonyl (C=O) groups is 2. The number of sulfonamides is 1. The molecular formula is C28H39N3O7S. The highest BCUT2D eigenvalue weighted by Crippen LogP contribution is 2.36. The second-order valence-corrected chi connectivity index (χ2v) is 11.5. The molecule has 0 spiro atoms. The lowest BCUT2D eigenvalue weighted by Gasteiger charge is -2.32. The number of rotatable bonds is 14. The summed E-state index contributed by atoms with van der Waals surface area (Å²) in [6, 6.07) is 11.6. The van der Waals surface area contributed by atoms with Crippen LogP contribution in [0.2, 0.25) is 0 Å². The predicted octanol–water partition coefficient (Wildman–Crippen LogP) is 3.69. The molecular weight excluding hydrogens is 522 g/mol. The summed E-state index contributed by atoms with van der Waals surface area (Å²) in [5.41, 5.74) is 1.29. The molecule has 0 unspecified atom stereocenters. The van der Waals surface area contributed by atoms with Gasteiger partial charge < -0.3 is 24.4 Å². The van der Waals surface area contributed by atoms with Crippen molar-refractivity contribution in [1.29, 1.82) is 0 Å². The Balaban J connectivity index is 1.77. The zero-order valence-electron chi connectivity index (χ0n) is 23.3. The van der Waals surface area contributed by atoms with Crippen LogP contribution in [0, 0.1) is 0 Å². The molecule has 214 valence electrons. The van der Waals surface area contributed by atoms with E-state index in [0.29, 0.717) is 29.4 Å². The zero-order chi connectivity index (χ0) is 28.6.